The van der Waals surface area contributed by atoms with Crippen LogP contribution in [0.15, 0.2) is 34.7 Å². The second kappa shape index (κ2) is 6.47. The van der Waals surface area contributed by atoms with Crippen LogP contribution in [-0.2, 0) is 6.54 Å². The Morgan fingerprint density at radius 3 is 2.68 bits per heavy atom. The van der Waals surface area contributed by atoms with Gasteiger partial charge in [0.25, 0.3) is 0 Å². The first-order valence-electron chi connectivity index (χ1n) is 6.47. The van der Waals surface area contributed by atoms with Crippen LogP contribution >= 0.6 is 23.2 Å². The summed E-state index contributed by atoms with van der Waals surface area (Å²) in [5.74, 6) is 1.75. The van der Waals surface area contributed by atoms with Gasteiger partial charge in [0, 0.05) is 10.6 Å². The topological polar surface area (TPSA) is 29.8 Å². The lowest BCUT2D eigenvalue weighted by atomic mass is 10.2. The monoisotopic (exact) mass is 298 g/mol. The molecule has 2 nitrogen and oxygen atoms in total. The second-order valence-electron chi connectivity index (χ2n) is 4.72. The molecule has 0 aliphatic rings. The van der Waals surface area contributed by atoms with Gasteiger partial charge in [0.1, 0.15) is 12.3 Å². The van der Waals surface area contributed by atoms with Crippen molar-refractivity contribution in [2.75, 3.05) is 0 Å². The number of furan rings is 1. The molecule has 0 unspecified atom stereocenters. The van der Waals surface area contributed by atoms with Crippen LogP contribution in [0.25, 0.3) is 11.3 Å². The van der Waals surface area contributed by atoms with Crippen LogP contribution in [0.3, 0.4) is 0 Å². The Hall–Kier alpha value is -0.960. The minimum atomic E-state index is 0.604. The summed E-state index contributed by atoms with van der Waals surface area (Å²) in [5.41, 5.74) is 0.876. The third kappa shape index (κ3) is 3.75. The smallest absolute Gasteiger partial charge is 0.158 e. The number of nitrogens with two attached hydrogens (primary N) is 1. The predicted octanol–water partition coefficient (Wildman–Crippen LogP) is 4.12. The highest BCUT2D eigenvalue weighted by Gasteiger charge is 2.11. The molecule has 1 aromatic heterocycles. The molecule has 0 amide bonds. The molecule has 102 valence electrons. The molecular weight excluding hydrogens is 281 g/mol. The first kappa shape index (κ1) is 14.4. The van der Waals surface area contributed by atoms with Crippen molar-refractivity contribution in [3.8, 4) is 11.3 Å². The third-order valence-corrected chi connectivity index (χ3v) is 3.77. The maximum Gasteiger partial charge on any atom is 0.158 e. The Balaban J connectivity index is 2.12. The number of hydrogen-bond donors (Lipinski definition) is 1. The summed E-state index contributed by atoms with van der Waals surface area (Å²) in [6.07, 6.45) is 1.15. The molecule has 1 aromatic carbocycles. The van der Waals surface area contributed by atoms with Crippen molar-refractivity contribution < 1.29 is 9.73 Å². The lowest BCUT2D eigenvalue weighted by Gasteiger charge is -2.06. The van der Waals surface area contributed by atoms with E-state index in [9.17, 15) is 0 Å². The summed E-state index contributed by atoms with van der Waals surface area (Å²) < 4.78 is 5.83. The number of benzene rings is 1. The van der Waals surface area contributed by atoms with E-state index in [-0.39, 0.29) is 0 Å². The summed E-state index contributed by atoms with van der Waals surface area (Å²) in [5, 5.41) is 3.51. The third-order valence-electron chi connectivity index (χ3n) is 3.22. The van der Waals surface area contributed by atoms with Gasteiger partial charge in [0.05, 0.1) is 11.1 Å². The molecule has 0 saturated carbocycles. The van der Waals surface area contributed by atoms with Crippen molar-refractivity contribution in [3.05, 3.63) is 46.1 Å². The molecule has 0 spiro atoms. The van der Waals surface area contributed by atoms with E-state index in [2.05, 4.69) is 19.2 Å². The molecule has 2 rings (SSSR count). The maximum atomic E-state index is 6.17. The van der Waals surface area contributed by atoms with Crippen LogP contribution < -0.4 is 5.32 Å². The van der Waals surface area contributed by atoms with Crippen molar-refractivity contribution in [1.29, 1.82) is 0 Å². The number of halogens is 2. The van der Waals surface area contributed by atoms with Crippen LogP contribution in [0.1, 0.15) is 26.0 Å². The molecule has 2 aromatic rings. The molecule has 19 heavy (non-hydrogen) atoms. The molecule has 0 saturated heterocycles. The summed E-state index contributed by atoms with van der Waals surface area (Å²) in [4.78, 5) is 0. The van der Waals surface area contributed by atoms with E-state index in [1.165, 1.54) is 0 Å². The quantitative estimate of drug-likeness (QED) is 0.884. The molecule has 0 fully saturated rings. The Bertz CT molecular complexity index is 551. The van der Waals surface area contributed by atoms with Gasteiger partial charge < -0.3 is 9.73 Å². The van der Waals surface area contributed by atoms with Crippen LogP contribution in [0, 0.1) is 0 Å². The molecule has 2 N–H and O–H groups in total. The fraction of sp³-hybridized carbons (Fsp3) is 0.333. The molecule has 1 atom stereocenters. The van der Waals surface area contributed by atoms with Crippen molar-refractivity contribution in [2.45, 2.75) is 32.9 Å². The fourth-order valence-corrected chi connectivity index (χ4v) is 2.31. The van der Waals surface area contributed by atoms with Gasteiger partial charge in [-0.3, -0.25) is 0 Å². The predicted molar refractivity (Wildman–Crippen MR) is 79.5 cm³/mol. The fourth-order valence-electron chi connectivity index (χ4n) is 1.81. The van der Waals surface area contributed by atoms with Gasteiger partial charge in [0.15, 0.2) is 5.76 Å². The molecular formula is C15H18Cl2NO+. The average molecular weight is 299 g/mol. The summed E-state index contributed by atoms with van der Waals surface area (Å²) in [6, 6.07) is 9.98. The largest absolute Gasteiger partial charge is 0.455 e. The van der Waals surface area contributed by atoms with Crippen LogP contribution in [0.5, 0.6) is 0 Å². The Morgan fingerprint density at radius 1 is 1.21 bits per heavy atom. The normalized spacial score (nSPS) is 12.6. The Labute approximate surface area is 123 Å². The van der Waals surface area contributed by atoms with Gasteiger partial charge in [-0.25, -0.2) is 0 Å². The van der Waals surface area contributed by atoms with Gasteiger partial charge in [-0.1, -0.05) is 30.1 Å². The zero-order valence-corrected chi connectivity index (χ0v) is 12.6. The highest BCUT2D eigenvalue weighted by atomic mass is 35.5. The van der Waals surface area contributed by atoms with Crippen molar-refractivity contribution in [2.24, 2.45) is 0 Å². The van der Waals surface area contributed by atoms with Gasteiger partial charge in [0.2, 0.25) is 0 Å². The molecule has 4 heteroatoms. The van der Waals surface area contributed by atoms with E-state index < -0.39 is 0 Å². The highest BCUT2D eigenvalue weighted by molar-refractivity contribution is 6.36. The van der Waals surface area contributed by atoms with Gasteiger partial charge in [-0.2, -0.15) is 0 Å². The Kier molecular flexibility index (Phi) is 4.92. The lowest BCUT2D eigenvalue weighted by molar-refractivity contribution is -0.703. The Morgan fingerprint density at radius 2 is 2.00 bits per heavy atom. The van der Waals surface area contributed by atoms with E-state index >= 15 is 0 Å². The minimum absolute atomic E-state index is 0.604. The van der Waals surface area contributed by atoms with E-state index in [1.54, 1.807) is 6.07 Å². The average Bonchev–Trinajstić information content (AvgIpc) is 2.84. The number of rotatable bonds is 5. The molecule has 1 heterocycles. The van der Waals surface area contributed by atoms with Gasteiger partial charge in [-0.15, -0.1) is 0 Å². The first-order valence-corrected chi connectivity index (χ1v) is 7.23. The SMILES string of the molecule is CC[C@@H](C)[NH2+]Cc1ccc(-c2ccc(Cl)cc2Cl)o1. The molecule has 0 radical (unpaired) electrons. The van der Waals surface area contributed by atoms with E-state index in [0.717, 1.165) is 30.0 Å². The van der Waals surface area contributed by atoms with E-state index in [4.69, 9.17) is 27.6 Å². The summed E-state index contributed by atoms with van der Waals surface area (Å²) in [7, 11) is 0. The number of quaternary nitrogens is 1. The standard InChI is InChI=1S/C15H17Cl2NO/c1-3-10(2)18-9-12-5-7-15(19-12)13-6-4-11(16)8-14(13)17/h4-8,10,18H,3,9H2,1-2H3/p+1/t10-/m1/s1. The molecule has 0 aliphatic heterocycles. The molecule has 0 aliphatic carbocycles. The lowest BCUT2D eigenvalue weighted by Crippen LogP contribution is -2.87. The zero-order chi connectivity index (χ0) is 13.8. The minimum Gasteiger partial charge on any atom is -0.455 e. The van der Waals surface area contributed by atoms with Crippen LogP contribution in [0.4, 0.5) is 0 Å². The van der Waals surface area contributed by atoms with Crippen molar-refractivity contribution in [3.63, 3.8) is 0 Å². The van der Waals surface area contributed by atoms with Crippen LogP contribution in [0.2, 0.25) is 10.0 Å². The van der Waals surface area contributed by atoms with Crippen molar-refractivity contribution >= 4 is 23.2 Å². The highest BCUT2D eigenvalue weighted by Crippen LogP contribution is 2.31. The van der Waals surface area contributed by atoms with E-state index in [0.29, 0.717) is 16.1 Å². The van der Waals surface area contributed by atoms with Gasteiger partial charge >= 0.3 is 0 Å². The van der Waals surface area contributed by atoms with Gasteiger partial charge in [-0.05, 0) is 43.7 Å². The van der Waals surface area contributed by atoms with E-state index in [1.807, 2.05) is 24.3 Å². The van der Waals surface area contributed by atoms with Crippen LogP contribution in [-0.4, -0.2) is 6.04 Å². The number of hydrogen-bond acceptors (Lipinski definition) is 1. The maximum absolute atomic E-state index is 6.17. The summed E-state index contributed by atoms with van der Waals surface area (Å²) >= 11 is 12.1. The zero-order valence-electron chi connectivity index (χ0n) is 11.1. The molecule has 0 bridgehead atoms. The second-order valence-corrected chi connectivity index (χ2v) is 5.56. The first-order chi connectivity index (χ1) is 9.10. The summed E-state index contributed by atoms with van der Waals surface area (Å²) in [6.45, 7) is 5.24. The van der Waals surface area contributed by atoms with Crippen molar-refractivity contribution in [1.82, 2.24) is 0 Å².